The predicted octanol–water partition coefficient (Wildman–Crippen LogP) is 4.75. The van der Waals surface area contributed by atoms with Crippen LogP contribution in [0.3, 0.4) is 0 Å². The number of hydrogen-bond donors (Lipinski definition) is 0. The molecule has 1 aliphatic rings. The van der Waals surface area contributed by atoms with E-state index in [0.29, 0.717) is 13.0 Å². The maximum atomic E-state index is 15.0. The molecular weight excluding hydrogens is 415 g/mol. The summed E-state index contributed by atoms with van der Waals surface area (Å²) in [5, 5.41) is 0. The molecule has 2 aromatic carbocycles. The van der Waals surface area contributed by atoms with Gasteiger partial charge in [-0.1, -0.05) is 54.2 Å². The lowest BCUT2D eigenvalue weighted by molar-refractivity contribution is -0.114. The van der Waals surface area contributed by atoms with Crippen molar-refractivity contribution in [1.29, 1.82) is 0 Å². The number of hydroxylamine groups is 1. The van der Waals surface area contributed by atoms with Crippen molar-refractivity contribution in [2.24, 2.45) is 11.8 Å². The number of hydrogen-bond acceptors (Lipinski definition) is 4. The molecule has 1 fully saturated rings. The molecule has 3 rings (SSSR count). The van der Waals surface area contributed by atoms with Crippen molar-refractivity contribution in [3.63, 3.8) is 0 Å². The van der Waals surface area contributed by atoms with Crippen LogP contribution < -0.4 is 4.90 Å². The topological polar surface area (TPSA) is 49.9 Å². The summed E-state index contributed by atoms with van der Waals surface area (Å²) in [5.74, 6) is -0.270. The summed E-state index contributed by atoms with van der Waals surface area (Å²) in [5.41, 5.74) is 3.38. The van der Waals surface area contributed by atoms with Gasteiger partial charge in [-0.3, -0.25) is 4.84 Å². The summed E-state index contributed by atoms with van der Waals surface area (Å²) in [6.45, 7) is 9.21. The molecule has 5 nitrogen and oxygen atoms in total. The molecule has 1 aliphatic heterocycles. The van der Waals surface area contributed by atoms with Crippen LogP contribution in [0, 0.1) is 25.7 Å². The molecule has 0 radical (unpaired) electrons. The van der Waals surface area contributed by atoms with Crippen molar-refractivity contribution in [3.05, 3.63) is 59.7 Å². The standard InChI is InChI=1S/C24H33FN2O3S/c1-18(2)15-27(31(28,29)22-8-6-5-7-9-22)30-17-21-12-13-26(16-23(21)25)24-11-10-19(3)14-20(24)4/h5-11,14,18,21,23H,12-13,15-17H2,1-4H3. The summed E-state index contributed by atoms with van der Waals surface area (Å²) >= 11 is 0. The van der Waals surface area contributed by atoms with E-state index in [-0.39, 0.29) is 36.4 Å². The van der Waals surface area contributed by atoms with E-state index in [9.17, 15) is 8.42 Å². The fourth-order valence-electron chi connectivity index (χ4n) is 3.93. The van der Waals surface area contributed by atoms with Gasteiger partial charge in [0.25, 0.3) is 10.0 Å². The van der Waals surface area contributed by atoms with Crippen molar-refractivity contribution in [1.82, 2.24) is 4.47 Å². The van der Waals surface area contributed by atoms with Crippen LogP contribution in [0.2, 0.25) is 0 Å². The van der Waals surface area contributed by atoms with Crippen LogP contribution in [0.15, 0.2) is 53.4 Å². The summed E-state index contributed by atoms with van der Waals surface area (Å²) in [6.07, 6.45) is -0.482. The van der Waals surface area contributed by atoms with E-state index >= 15 is 4.39 Å². The number of sulfonamides is 1. The molecule has 0 spiro atoms. The van der Waals surface area contributed by atoms with E-state index in [1.54, 1.807) is 30.3 Å². The number of anilines is 1. The number of nitrogens with zero attached hydrogens (tertiary/aromatic N) is 2. The lowest BCUT2D eigenvalue weighted by Gasteiger charge is -2.37. The summed E-state index contributed by atoms with van der Waals surface area (Å²) in [7, 11) is -3.80. The first-order valence-electron chi connectivity index (χ1n) is 10.9. The first kappa shape index (κ1) is 23.7. The van der Waals surface area contributed by atoms with Gasteiger partial charge in [-0.25, -0.2) is 12.8 Å². The van der Waals surface area contributed by atoms with Crippen molar-refractivity contribution >= 4 is 15.7 Å². The Labute approximate surface area is 185 Å². The zero-order chi connectivity index (χ0) is 22.6. The van der Waals surface area contributed by atoms with Crippen molar-refractivity contribution in [2.45, 2.75) is 45.2 Å². The molecular formula is C24H33FN2O3S. The third-order valence-corrected chi connectivity index (χ3v) is 7.28. The van der Waals surface area contributed by atoms with E-state index in [0.717, 1.165) is 15.7 Å². The van der Waals surface area contributed by atoms with Gasteiger partial charge in [0.15, 0.2) is 0 Å². The van der Waals surface area contributed by atoms with Crippen LogP contribution in [-0.4, -0.2) is 45.3 Å². The highest BCUT2D eigenvalue weighted by Gasteiger charge is 2.33. The van der Waals surface area contributed by atoms with Crippen LogP contribution >= 0.6 is 0 Å². The zero-order valence-corrected chi connectivity index (χ0v) is 19.6. The van der Waals surface area contributed by atoms with Gasteiger partial charge in [-0.05, 0) is 49.9 Å². The molecule has 2 atom stereocenters. The molecule has 0 aromatic heterocycles. The minimum atomic E-state index is -3.80. The second-order valence-corrected chi connectivity index (χ2v) is 10.6. The molecule has 0 N–H and O–H groups in total. The van der Waals surface area contributed by atoms with Gasteiger partial charge in [-0.2, -0.15) is 0 Å². The van der Waals surface area contributed by atoms with E-state index in [1.807, 2.05) is 39.8 Å². The Bertz CT molecular complexity index is 966. The molecule has 0 aliphatic carbocycles. The van der Waals surface area contributed by atoms with Crippen molar-refractivity contribution in [2.75, 3.05) is 31.1 Å². The van der Waals surface area contributed by atoms with Crippen LogP contribution in [0.5, 0.6) is 0 Å². The lowest BCUT2D eigenvalue weighted by Crippen LogP contribution is -2.45. The molecule has 1 saturated heterocycles. The molecule has 7 heteroatoms. The molecule has 2 aromatic rings. The van der Waals surface area contributed by atoms with Gasteiger partial charge in [0, 0.05) is 31.2 Å². The zero-order valence-electron chi connectivity index (χ0n) is 18.8. The first-order valence-corrected chi connectivity index (χ1v) is 12.3. The van der Waals surface area contributed by atoms with Crippen LogP contribution in [0.4, 0.5) is 10.1 Å². The van der Waals surface area contributed by atoms with E-state index < -0.39 is 16.2 Å². The van der Waals surface area contributed by atoms with Gasteiger partial charge >= 0.3 is 0 Å². The quantitative estimate of drug-likeness (QED) is 0.547. The Hall–Kier alpha value is -1.96. The first-order chi connectivity index (χ1) is 14.7. The van der Waals surface area contributed by atoms with E-state index in [4.69, 9.17) is 4.84 Å². The number of rotatable bonds is 8. The van der Waals surface area contributed by atoms with Crippen molar-refractivity contribution in [3.8, 4) is 0 Å². The Kier molecular flexibility index (Phi) is 7.73. The Morgan fingerprint density at radius 1 is 1.16 bits per heavy atom. The van der Waals surface area contributed by atoms with Gasteiger partial charge in [0.05, 0.1) is 11.5 Å². The second-order valence-electron chi connectivity index (χ2n) is 8.79. The SMILES string of the molecule is Cc1ccc(N2CCC(CON(CC(C)C)S(=O)(=O)c3ccccc3)C(F)C2)c(C)c1. The molecule has 1 heterocycles. The summed E-state index contributed by atoms with van der Waals surface area (Å²) in [6, 6.07) is 14.4. The summed E-state index contributed by atoms with van der Waals surface area (Å²) < 4.78 is 42.1. The molecule has 0 bridgehead atoms. The average Bonchev–Trinajstić information content (AvgIpc) is 2.72. The minimum absolute atomic E-state index is 0.0423. The fourth-order valence-corrected chi connectivity index (χ4v) is 5.36. The van der Waals surface area contributed by atoms with Gasteiger partial charge in [0.1, 0.15) is 6.17 Å². The molecule has 0 saturated carbocycles. The largest absolute Gasteiger partial charge is 0.368 e. The van der Waals surface area contributed by atoms with Crippen molar-refractivity contribution < 1.29 is 17.6 Å². The fraction of sp³-hybridized carbons (Fsp3) is 0.500. The lowest BCUT2D eigenvalue weighted by atomic mass is 9.95. The molecule has 31 heavy (non-hydrogen) atoms. The number of aryl methyl sites for hydroxylation is 2. The number of piperidine rings is 1. The van der Waals surface area contributed by atoms with E-state index in [2.05, 4.69) is 11.0 Å². The number of alkyl halides is 1. The highest BCUT2D eigenvalue weighted by atomic mass is 32.2. The Balaban J connectivity index is 1.66. The Morgan fingerprint density at radius 3 is 2.48 bits per heavy atom. The van der Waals surface area contributed by atoms with Gasteiger partial charge in [-0.15, -0.1) is 0 Å². The Morgan fingerprint density at radius 2 is 1.87 bits per heavy atom. The minimum Gasteiger partial charge on any atom is -0.368 e. The maximum Gasteiger partial charge on any atom is 0.265 e. The number of halogens is 1. The van der Waals surface area contributed by atoms with Crippen LogP contribution in [0.25, 0.3) is 0 Å². The summed E-state index contributed by atoms with van der Waals surface area (Å²) in [4.78, 5) is 8.00. The molecule has 0 amide bonds. The third kappa shape index (κ3) is 5.84. The predicted molar refractivity (Wildman–Crippen MR) is 122 cm³/mol. The normalized spacial score (nSPS) is 19.9. The maximum absolute atomic E-state index is 15.0. The monoisotopic (exact) mass is 448 g/mol. The second kappa shape index (κ2) is 10.1. The smallest absolute Gasteiger partial charge is 0.265 e. The average molecular weight is 449 g/mol. The molecule has 2 unspecified atom stereocenters. The van der Waals surface area contributed by atoms with Gasteiger partial charge in [0.2, 0.25) is 0 Å². The third-order valence-electron chi connectivity index (χ3n) is 5.63. The van der Waals surface area contributed by atoms with Crippen LogP contribution in [-0.2, 0) is 14.9 Å². The van der Waals surface area contributed by atoms with E-state index in [1.165, 1.54) is 5.56 Å². The highest BCUT2D eigenvalue weighted by molar-refractivity contribution is 7.89. The number of benzene rings is 2. The van der Waals surface area contributed by atoms with Crippen LogP contribution in [0.1, 0.15) is 31.4 Å². The molecule has 170 valence electrons. The van der Waals surface area contributed by atoms with Gasteiger partial charge < -0.3 is 4.90 Å². The highest BCUT2D eigenvalue weighted by Crippen LogP contribution is 2.29.